The van der Waals surface area contributed by atoms with Crippen molar-refractivity contribution in [2.75, 3.05) is 49.6 Å². The Morgan fingerprint density at radius 1 is 1.24 bits per heavy atom. The molecule has 13 heteroatoms. The Hall–Kier alpha value is -2.93. The lowest BCUT2D eigenvalue weighted by Gasteiger charge is -2.49. The van der Waals surface area contributed by atoms with Gasteiger partial charge in [-0.15, -0.1) is 0 Å². The van der Waals surface area contributed by atoms with Crippen molar-refractivity contribution >= 4 is 28.6 Å². The minimum Gasteiger partial charge on any atom is -0.444 e. The van der Waals surface area contributed by atoms with Gasteiger partial charge in [0.05, 0.1) is 41.9 Å². The number of anilines is 2. The molecule has 0 radical (unpaired) electrons. The second kappa shape index (κ2) is 9.37. The number of ether oxygens (including phenoxy) is 2. The zero-order chi connectivity index (χ0) is 27.5. The van der Waals surface area contributed by atoms with Crippen LogP contribution in [0, 0.1) is 5.41 Å². The number of fused-ring (bicyclic) bond motifs is 1. The lowest BCUT2D eigenvalue weighted by Crippen LogP contribution is -2.66. The van der Waals surface area contributed by atoms with E-state index in [0.29, 0.717) is 13.0 Å². The van der Waals surface area contributed by atoms with Gasteiger partial charge in [0.2, 0.25) is 5.95 Å². The lowest BCUT2D eigenvalue weighted by atomic mass is 9.76. The number of likely N-dealkylation sites (tertiary alicyclic amines) is 1. The number of aliphatic hydroxyl groups excluding tert-OH is 1. The molecule has 2 aromatic rings. The largest absolute Gasteiger partial charge is 0.444 e. The number of nitrogens with one attached hydrogen (secondary N) is 1. The van der Waals surface area contributed by atoms with Gasteiger partial charge in [-0.1, -0.05) is 0 Å². The first kappa shape index (κ1) is 26.7. The Morgan fingerprint density at radius 2 is 1.97 bits per heavy atom. The number of hydrogen-bond donors (Lipinski definition) is 2. The topological polar surface area (TPSA) is 100 Å². The third-order valence-electron chi connectivity index (χ3n) is 7.22. The number of alkyl halides is 4. The number of nitrogens with zero attached hydrogens (tertiary/aromatic N) is 4. The van der Waals surface area contributed by atoms with Crippen LogP contribution < -0.4 is 10.2 Å². The minimum absolute atomic E-state index is 0.142. The van der Waals surface area contributed by atoms with E-state index in [1.165, 1.54) is 28.1 Å². The summed E-state index contributed by atoms with van der Waals surface area (Å²) in [6.07, 6.45) is -2.40. The van der Waals surface area contributed by atoms with Crippen LogP contribution in [0.15, 0.2) is 18.3 Å². The number of carbonyl (C=O) groups is 1. The molecule has 4 heterocycles. The van der Waals surface area contributed by atoms with Crippen molar-refractivity contribution in [1.82, 2.24) is 14.9 Å². The molecule has 3 aliphatic heterocycles. The average Bonchev–Trinajstić information content (AvgIpc) is 3.08. The summed E-state index contributed by atoms with van der Waals surface area (Å²) in [5.74, 6) is -3.03. The first-order chi connectivity index (χ1) is 17.8. The van der Waals surface area contributed by atoms with Crippen LogP contribution in [0.25, 0.3) is 10.9 Å². The van der Waals surface area contributed by atoms with Crippen LogP contribution in [0.3, 0.4) is 0 Å². The second-order valence-electron chi connectivity index (χ2n) is 11.3. The van der Waals surface area contributed by atoms with Crippen molar-refractivity contribution in [1.29, 1.82) is 0 Å². The summed E-state index contributed by atoms with van der Waals surface area (Å²) < 4.78 is 68.8. The van der Waals surface area contributed by atoms with Crippen molar-refractivity contribution in [2.45, 2.75) is 57.3 Å². The molecule has 2 N–H and O–H groups in total. The maximum atomic E-state index is 15.4. The molecule has 2 atom stereocenters. The van der Waals surface area contributed by atoms with Gasteiger partial charge in [-0.2, -0.15) is 0 Å². The highest BCUT2D eigenvalue weighted by Gasteiger charge is 2.67. The number of hydrogen-bond acceptors (Lipinski definition) is 8. The number of carbonyl (C=O) groups excluding carboxylic acids is 1. The predicted octanol–water partition coefficient (Wildman–Crippen LogP) is 3.82. The number of aromatic nitrogens is 2. The molecule has 3 saturated heterocycles. The van der Waals surface area contributed by atoms with Gasteiger partial charge in [0, 0.05) is 43.4 Å². The van der Waals surface area contributed by atoms with Gasteiger partial charge in [0.1, 0.15) is 5.60 Å². The van der Waals surface area contributed by atoms with Crippen LogP contribution in [0.5, 0.6) is 0 Å². The molecule has 0 aliphatic carbocycles. The fourth-order valence-corrected chi connectivity index (χ4v) is 5.23. The monoisotopic (exact) mass is 541 g/mol. The summed E-state index contributed by atoms with van der Waals surface area (Å²) in [5, 5.41) is 13.5. The molecule has 0 saturated carbocycles. The van der Waals surface area contributed by atoms with Crippen molar-refractivity contribution in [3.8, 4) is 0 Å². The van der Waals surface area contributed by atoms with Crippen LogP contribution in [-0.2, 0) is 9.47 Å². The molecule has 9 nitrogen and oxygen atoms in total. The average molecular weight is 542 g/mol. The summed E-state index contributed by atoms with van der Waals surface area (Å²) in [4.78, 5) is 23.7. The molecule has 1 aromatic heterocycles. The molecule has 3 fully saturated rings. The molecular formula is C25H31F4N5O4. The standard InChI is InChI=1S/C25H31F4N5O4/c1-23(2,3)38-22(36)34-11-24(12-34)10-33(13-25(24,28)29)17-7-14(20(26)27)6-15-8-30-21(32-19(15)17)31-16-4-5-37-9-18(16)35/h6-8,16,18,20,35H,4-5,9-13H2,1-3H3,(H,30,31,32)/t16-,18-/m1/s1. The number of halogens is 4. The smallest absolute Gasteiger partial charge is 0.410 e. The Morgan fingerprint density at radius 3 is 2.63 bits per heavy atom. The van der Waals surface area contributed by atoms with E-state index in [0.717, 1.165) is 0 Å². The minimum atomic E-state index is -3.18. The highest BCUT2D eigenvalue weighted by molar-refractivity contribution is 5.92. The maximum absolute atomic E-state index is 15.4. The fourth-order valence-electron chi connectivity index (χ4n) is 5.23. The van der Waals surface area contributed by atoms with Gasteiger partial charge >= 0.3 is 6.09 Å². The number of amides is 1. The van der Waals surface area contributed by atoms with E-state index in [9.17, 15) is 18.7 Å². The molecular weight excluding hydrogens is 510 g/mol. The number of benzene rings is 1. The van der Waals surface area contributed by atoms with Crippen molar-refractivity contribution in [3.05, 3.63) is 23.9 Å². The van der Waals surface area contributed by atoms with E-state index in [4.69, 9.17) is 9.47 Å². The first-order valence-electron chi connectivity index (χ1n) is 12.5. The molecule has 1 spiro atoms. The normalized spacial score (nSPS) is 24.7. The zero-order valence-electron chi connectivity index (χ0n) is 21.4. The van der Waals surface area contributed by atoms with E-state index in [1.54, 1.807) is 20.8 Å². The van der Waals surface area contributed by atoms with Gasteiger partial charge < -0.3 is 29.7 Å². The summed E-state index contributed by atoms with van der Waals surface area (Å²) in [7, 11) is 0. The molecule has 5 rings (SSSR count). The third kappa shape index (κ3) is 4.93. The number of rotatable bonds is 4. The van der Waals surface area contributed by atoms with Crippen LogP contribution in [0.1, 0.15) is 39.2 Å². The van der Waals surface area contributed by atoms with Crippen LogP contribution in [-0.4, -0.2) is 89.1 Å². The summed E-state index contributed by atoms with van der Waals surface area (Å²) >= 11 is 0. The van der Waals surface area contributed by atoms with E-state index < -0.39 is 42.1 Å². The van der Waals surface area contributed by atoms with Gasteiger partial charge in [-0.25, -0.2) is 32.3 Å². The molecule has 0 unspecified atom stereocenters. The highest BCUT2D eigenvalue weighted by Crippen LogP contribution is 2.52. The second-order valence-corrected chi connectivity index (χ2v) is 11.3. The van der Waals surface area contributed by atoms with Crippen LogP contribution in [0.2, 0.25) is 0 Å². The van der Waals surface area contributed by atoms with E-state index in [2.05, 4.69) is 15.3 Å². The maximum Gasteiger partial charge on any atom is 0.410 e. The quantitative estimate of drug-likeness (QED) is 0.564. The molecule has 0 bridgehead atoms. The van der Waals surface area contributed by atoms with Gasteiger partial charge in [-0.05, 0) is 39.3 Å². The first-order valence-corrected chi connectivity index (χ1v) is 12.5. The zero-order valence-corrected chi connectivity index (χ0v) is 21.4. The van der Waals surface area contributed by atoms with Crippen molar-refractivity contribution in [3.63, 3.8) is 0 Å². The Balaban J connectivity index is 1.44. The lowest BCUT2D eigenvalue weighted by molar-refractivity contribution is -0.151. The molecule has 208 valence electrons. The molecule has 1 aromatic carbocycles. The predicted molar refractivity (Wildman–Crippen MR) is 131 cm³/mol. The molecule has 3 aliphatic rings. The van der Waals surface area contributed by atoms with Crippen molar-refractivity contribution in [2.24, 2.45) is 5.41 Å². The van der Waals surface area contributed by atoms with Gasteiger partial charge in [-0.3, -0.25) is 0 Å². The van der Waals surface area contributed by atoms with Gasteiger partial charge in [0.25, 0.3) is 12.3 Å². The fraction of sp³-hybridized carbons (Fsp3) is 0.640. The summed E-state index contributed by atoms with van der Waals surface area (Å²) in [6.45, 7) is 4.41. The van der Waals surface area contributed by atoms with E-state index >= 15 is 8.78 Å². The van der Waals surface area contributed by atoms with E-state index in [-0.39, 0.29) is 60.4 Å². The Bertz CT molecular complexity index is 1220. The highest BCUT2D eigenvalue weighted by atomic mass is 19.3. The SMILES string of the molecule is CC(C)(C)OC(=O)N1CC2(C1)CN(c1cc(C(F)F)cc3cnc(N[C@@H]4CCOC[C@H]4O)nc13)CC2(F)F. The van der Waals surface area contributed by atoms with Gasteiger partial charge in [0.15, 0.2) is 0 Å². The van der Waals surface area contributed by atoms with Crippen LogP contribution >= 0.6 is 0 Å². The Labute approximate surface area is 217 Å². The van der Waals surface area contributed by atoms with Crippen LogP contribution in [0.4, 0.5) is 34.0 Å². The Kier molecular flexibility index (Phi) is 6.57. The summed E-state index contributed by atoms with van der Waals surface area (Å²) in [5.41, 5.74) is -2.24. The third-order valence-corrected chi connectivity index (χ3v) is 7.22. The van der Waals surface area contributed by atoms with Crippen molar-refractivity contribution < 1.29 is 36.9 Å². The number of aliphatic hydroxyl groups is 1. The summed E-state index contributed by atoms with van der Waals surface area (Å²) in [6, 6.07) is 2.05. The molecule has 1 amide bonds. The molecule has 38 heavy (non-hydrogen) atoms. The van der Waals surface area contributed by atoms with E-state index in [1.807, 2.05) is 0 Å².